The lowest BCUT2D eigenvalue weighted by Gasteiger charge is -2.15. The molecule has 1 aromatic heterocycles. The predicted octanol–water partition coefficient (Wildman–Crippen LogP) is 3.88. The molecule has 0 saturated heterocycles. The molecular formula is C21H16N2O3. The number of amides is 1. The van der Waals surface area contributed by atoms with Gasteiger partial charge in [0.05, 0.1) is 0 Å². The van der Waals surface area contributed by atoms with Gasteiger partial charge in [-0.1, -0.05) is 54.6 Å². The van der Waals surface area contributed by atoms with Crippen LogP contribution in [-0.2, 0) is 4.79 Å². The van der Waals surface area contributed by atoms with E-state index in [4.69, 9.17) is 0 Å². The van der Waals surface area contributed by atoms with E-state index in [9.17, 15) is 14.7 Å². The highest BCUT2D eigenvalue weighted by atomic mass is 16.4. The number of fused-ring (bicyclic) bond motifs is 3. The standard InChI is InChI=1S/C21H16N2O3/c24-20(23-19(21(25)26)13-7-2-1-3-8-13)15-10-6-12-17-18(15)14-9-4-5-11-16(14)22-17/h1-12,19,22H,(H,23,24)(H,25,26). The maximum Gasteiger partial charge on any atom is 0.330 e. The van der Waals surface area contributed by atoms with E-state index in [1.807, 2.05) is 30.3 Å². The summed E-state index contributed by atoms with van der Waals surface area (Å²) in [5, 5.41) is 13.9. The quantitative estimate of drug-likeness (QED) is 0.525. The summed E-state index contributed by atoms with van der Waals surface area (Å²) in [6, 6.07) is 20.7. The van der Waals surface area contributed by atoms with Gasteiger partial charge in [-0.15, -0.1) is 0 Å². The molecule has 0 aliphatic heterocycles. The molecule has 0 fully saturated rings. The second kappa shape index (κ2) is 6.37. The van der Waals surface area contributed by atoms with Crippen molar-refractivity contribution in [2.24, 2.45) is 0 Å². The molecule has 3 N–H and O–H groups in total. The Balaban J connectivity index is 1.77. The minimum absolute atomic E-state index is 0.420. The summed E-state index contributed by atoms with van der Waals surface area (Å²) in [4.78, 5) is 27.9. The second-order valence-electron chi connectivity index (χ2n) is 6.05. The van der Waals surface area contributed by atoms with E-state index in [0.717, 1.165) is 21.8 Å². The van der Waals surface area contributed by atoms with E-state index >= 15 is 0 Å². The van der Waals surface area contributed by atoms with Crippen LogP contribution in [0.15, 0.2) is 72.8 Å². The van der Waals surface area contributed by atoms with Gasteiger partial charge in [0.25, 0.3) is 5.91 Å². The number of aromatic nitrogens is 1. The third-order valence-electron chi connectivity index (χ3n) is 4.43. The molecule has 1 amide bonds. The van der Waals surface area contributed by atoms with Crippen LogP contribution >= 0.6 is 0 Å². The minimum Gasteiger partial charge on any atom is -0.479 e. The smallest absolute Gasteiger partial charge is 0.330 e. The molecule has 128 valence electrons. The lowest BCUT2D eigenvalue weighted by molar-refractivity contribution is -0.139. The molecule has 4 aromatic rings. The third-order valence-corrected chi connectivity index (χ3v) is 4.43. The molecule has 26 heavy (non-hydrogen) atoms. The summed E-state index contributed by atoms with van der Waals surface area (Å²) < 4.78 is 0. The van der Waals surface area contributed by atoms with Crippen LogP contribution < -0.4 is 5.32 Å². The molecule has 5 heteroatoms. The van der Waals surface area contributed by atoms with E-state index < -0.39 is 17.9 Å². The molecule has 4 rings (SSSR count). The van der Waals surface area contributed by atoms with Crippen molar-refractivity contribution in [2.45, 2.75) is 6.04 Å². The molecule has 0 spiro atoms. The van der Waals surface area contributed by atoms with Gasteiger partial charge in [-0.2, -0.15) is 0 Å². The van der Waals surface area contributed by atoms with E-state index in [1.165, 1.54) is 0 Å². The first kappa shape index (κ1) is 15.9. The van der Waals surface area contributed by atoms with Gasteiger partial charge in [-0.3, -0.25) is 4.79 Å². The Hall–Kier alpha value is -3.60. The molecule has 0 aliphatic carbocycles. The SMILES string of the molecule is O=C(NC(C(=O)O)c1ccccc1)c1cccc2[nH]c3ccccc3c12. The number of carbonyl (C=O) groups is 2. The van der Waals surface area contributed by atoms with Gasteiger partial charge < -0.3 is 15.4 Å². The molecule has 0 radical (unpaired) electrons. The van der Waals surface area contributed by atoms with Gasteiger partial charge in [0.2, 0.25) is 0 Å². The third kappa shape index (κ3) is 2.69. The molecule has 5 nitrogen and oxygen atoms in total. The Labute approximate surface area is 149 Å². The number of hydrogen-bond donors (Lipinski definition) is 3. The lowest BCUT2D eigenvalue weighted by Crippen LogP contribution is -2.33. The van der Waals surface area contributed by atoms with Crippen molar-refractivity contribution in [2.75, 3.05) is 0 Å². The fourth-order valence-corrected chi connectivity index (χ4v) is 3.23. The number of carbonyl (C=O) groups excluding carboxylic acids is 1. The largest absolute Gasteiger partial charge is 0.479 e. The van der Waals surface area contributed by atoms with Crippen molar-refractivity contribution >= 4 is 33.7 Å². The molecule has 0 aliphatic rings. The average molecular weight is 344 g/mol. The van der Waals surface area contributed by atoms with Crippen LogP contribution in [0.3, 0.4) is 0 Å². The Morgan fingerprint density at radius 1 is 0.846 bits per heavy atom. The predicted molar refractivity (Wildman–Crippen MR) is 100 cm³/mol. The topological polar surface area (TPSA) is 82.2 Å². The highest BCUT2D eigenvalue weighted by Crippen LogP contribution is 2.28. The number of H-pyrrole nitrogens is 1. The Morgan fingerprint density at radius 3 is 2.31 bits per heavy atom. The molecule has 3 aromatic carbocycles. The van der Waals surface area contributed by atoms with Crippen LogP contribution in [0.4, 0.5) is 0 Å². The number of nitrogens with one attached hydrogen (secondary N) is 2. The summed E-state index contributed by atoms with van der Waals surface area (Å²) in [5.74, 6) is -1.52. The van der Waals surface area contributed by atoms with Gasteiger partial charge in [0.1, 0.15) is 0 Å². The minimum atomic E-state index is -1.11. The van der Waals surface area contributed by atoms with E-state index in [1.54, 1.807) is 42.5 Å². The highest BCUT2D eigenvalue weighted by molar-refractivity contribution is 6.17. The number of aliphatic carboxylic acids is 1. The zero-order chi connectivity index (χ0) is 18.1. The number of aromatic amines is 1. The van der Waals surface area contributed by atoms with E-state index in [2.05, 4.69) is 10.3 Å². The molecule has 1 unspecified atom stereocenters. The van der Waals surface area contributed by atoms with Crippen LogP contribution in [0.5, 0.6) is 0 Å². The van der Waals surface area contributed by atoms with Crippen LogP contribution in [0.25, 0.3) is 21.8 Å². The molecule has 1 heterocycles. The number of benzene rings is 3. The summed E-state index contributed by atoms with van der Waals surface area (Å²) in [5.41, 5.74) is 2.74. The molecule has 0 bridgehead atoms. The first-order valence-electron chi connectivity index (χ1n) is 8.23. The summed E-state index contributed by atoms with van der Waals surface area (Å²) >= 11 is 0. The summed E-state index contributed by atoms with van der Waals surface area (Å²) in [7, 11) is 0. The first-order valence-corrected chi connectivity index (χ1v) is 8.23. The number of carboxylic acid groups (broad SMARTS) is 1. The number of rotatable bonds is 4. The van der Waals surface area contributed by atoms with E-state index in [-0.39, 0.29) is 0 Å². The number of para-hydroxylation sites is 1. The Bertz CT molecular complexity index is 1120. The van der Waals surface area contributed by atoms with Crippen LogP contribution in [0.2, 0.25) is 0 Å². The van der Waals surface area contributed by atoms with Crippen molar-refractivity contribution in [3.05, 3.63) is 83.9 Å². The monoisotopic (exact) mass is 344 g/mol. The van der Waals surface area contributed by atoms with E-state index in [0.29, 0.717) is 11.1 Å². The van der Waals surface area contributed by atoms with Crippen LogP contribution in [0.1, 0.15) is 22.0 Å². The summed E-state index contributed by atoms with van der Waals surface area (Å²) in [6.45, 7) is 0. The Morgan fingerprint density at radius 2 is 1.54 bits per heavy atom. The lowest BCUT2D eigenvalue weighted by atomic mass is 10.0. The molecule has 0 saturated carbocycles. The fourth-order valence-electron chi connectivity index (χ4n) is 3.23. The Kier molecular flexibility index (Phi) is 3.89. The number of carboxylic acids is 1. The zero-order valence-electron chi connectivity index (χ0n) is 13.8. The van der Waals surface area contributed by atoms with Crippen molar-refractivity contribution in [1.29, 1.82) is 0 Å². The van der Waals surface area contributed by atoms with Crippen LogP contribution in [-0.4, -0.2) is 22.0 Å². The van der Waals surface area contributed by atoms with Gasteiger partial charge >= 0.3 is 5.97 Å². The highest BCUT2D eigenvalue weighted by Gasteiger charge is 2.24. The fraction of sp³-hybridized carbons (Fsp3) is 0.0476. The van der Waals surface area contributed by atoms with Gasteiger partial charge in [-0.25, -0.2) is 4.79 Å². The molecule has 1 atom stereocenters. The van der Waals surface area contributed by atoms with Crippen LogP contribution in [0, 0.1) is 0 Å². The maximum atomic E-state index is 12.9. The summed E-state index contributed by atoms with van der Waals surface area (Å²) in [6.07, 6.45) is 0. The van der Waals surface area contributed by atoms with Gasteiger partial charge in [-0.05, 0) is 23.8 Å². The average Bonchev–Trinajstić information content (AvgIpc) is 3.05. The maximum absolute atomic E-state index is 12.9. The van der Waals surface area contributed by atoms with Crippen molar-refractivity contribution in [3.8, 4) is 0 Å². The normalized spacial score (nSPS) is 12.2. The molecular weight excluding hydrogens is 328 g/mol. The zero-order valence-corrected chi connectivity index (χ0v) is 13.8. The van der Waals surface area contributed by atoms with Crippen molar-refractivity contribution in [1.82, 2.24) is 10.3 Å². The first-order chi connectivity index (χ1) is 12.6. The number of hydrogen-bond acceptors (Lipinski definition) is 2. The van der Waals surface area contributed by atoms with Crippen molar-refractivity contribution in [3.63, 3.8) is 0 Å². The van der Waals surface area contributed by atoms with Crippen molar-refractivity contribution < 1.29 is 14.7 Å². The van der Waals surface area contributed by atoms with Gasteiger partial charge in [0, 0.05) is 27.4 Å². The van der Waals surface area contributed by atoms with Gasteiger partial charge in [0.15, 0.2) is 6.04 Å². The second-order valence-corrected chi connectivity index (χ2v) is 6.05.